The van der Waals surface area contributed by atoms with Gasteiger partial charge in [0.2, 0.25) is 5.91 Å². The number of nitrogens with two attached hydrogens (primary N) is 1. The molecule has 0 aliphatic carbocycles. The Morgan fingerprint density at radius 2 is 2.45 bits per heavy atom. The second-order valence-electron chi connectivity index (χ2n) is 5.21. The molecule has 2 heterocycles. The van der Waals surface area contributed by atoms with Crippen LogP contribution in [0.2, 0.25) is 0 Å². The number of rotatable bonds is 5. The zero-order chi connectivity index (χ0) is 13.7. The van der Waals surface area contributed by atoms with E-state index in [1.807, 2.05) is 5.38 Å². The minimum absolute atomic E-state index is 0. The van der Waals surface area contributed by atoms with Gasteiger partial charge in [-0.2, -0.15) is 0 Å². The van der Waals surface area contributed by atoms with Crippen LogP contribution in [0.3, 0.4) is 0 Å². The number of anilines is 1. The van der Waals surface area contributed by atoms with Gasteiger partial charge in [0.1, 0.15) is 0 Å². The number of hydrogen-bond acceptors (Lipinski definition) is 5. The van der Waals surface area contributed by atoms with E-state index < -0.39 is 0 Å². The van der Waals surface area contributed by atoms with Gasteiger partial charge >= 0.3 is 0 Å². The summed E-state index contributed by atoms with van der Waals surface area (Å²) in [6, 6.07) is 0. The van der Waals surface area contributed by atoms with Gasteiger partial charge in [0.25, 0.3) is 0 Å². The summed E-state index contributed by atoms with van der Waals surface area (Å²) in [5, 5.41) is 5.48. The van der Waals surface area contributed by atoms with E-state index in [2.05, 4.69) is 22.1 Å². The number of nitrogens with zero attached hydrogens (tertiary/aromatic N) is 2. The lowest BCUT2D eigenvalue weighted by atomic mass is 10.0. The first-order valence-corrected chi connectivity index (χ1v) is 7.72. The summed E-state index contributed by atoms with van der Waals surface area (Å²) in [5.41, 5.74) is 6.38. The van der Waals surface area contributed by atoms with Crippen molar-refractivity contribution < 1.29 is 4.79 Å². The molecule has 0 spiro atoms. The Kier molecular flexibility index (Phi) is 7.43. The van der Waals surface area contributed by atoms with E-state index in [-0.39, 0.29) is 18.3 Å². The van der Waals surface area contributed by atoms with E-state index in [0.717, 1.165) is 31.2 Å². The minimum Gasteiger partial charge on any atom is -0.330 e. The molecular formula is C13H23ClN4OS. The fraction of sp³-hybridized carbons (Fsp3) is 0.692. The number of carbonyl (C=O) groups is 1. The van der Waals surface area contributed by atoms with Crippen molar-refractivity contribution in [1.82, 2.24) is 9.88 Å². The smallest absolute Gasteiger partial charge is 0.227 e. The molecule has 0 radical (unpaired) electrons. The summed E-state index contributed by atoms with van der Waals surface area (Å²) in [5.74, 6) is 0.714. The lowest BCUT2D eigenvalue weighted by Gasteiger charge is -2.30. The van der Waals surface area contributed by atoms with Crippen molar-refractivity contribution in [2.45, 2.75) is 32.7 Å². The van der Waals surface area contributed by atoms with Crippen LogP contribution < -0.4 is 11.1 Å². The Morgan fingerprint density at radius 1 is 1.65 bits per heavy atom. The van der Waals surface area contributed by atoms with Crippen LogP contribution in [0.1, 0.15) is 31.9 Å². The first-order chi connectivity index (χ1) is 9.17. The molecular weight excluding hydrogens is 296 g/mol. The zero-order valence-corrected chi connectivity index (χ0v) is 13.4. The highest BCUT2D eigenvalue weighted by Gasteiger charge is 2.17. The van der Waals surface area contributed by atoms with Gasteiger partial charge < -0.3 is 11.1 Å². The number of nitrogens with one attached hydrogen (secondary N) is 1. The summed E-state index contributed by atoms with van der Waals surface area (Å²) in [4.78, 5) is 18.3. The lowest BCUT2D eigenvalue weighted by molar-refractivity contribution is -0.116. The van der Waals surface area contributed by atoms with Gasteiger partial charge in [-0.05, 0) is 25.3 Å². The average molecular weight is 319 g/mol. The lowest BCUT2D eigenvalue weighted by Crippen LogP contribution is -2.33. The van der Waals surface area contributed by atoms with Gasteiger partial charge in [0.05, 0.1) is 5.69 Å². The third-order valence-electron chi connectivity index (χ3n) is 3.30. The van der Waals surface area contributed by atoms with Crippen LogP contribution in [0, 0.1) is 5.92 Å². The van der Waals surface area contributed by atoms with Gasteiger partial charge in [0, 0.05) is 31.4 Å². The Hall–Kier alpha value is -0.690. The normalized spacial score (nSPS) is 19.4. The van der Waals surface area contributed by atoms with E-state index in [0.29, 0.717) is 18.1 Å². The topological polar surface area (TPSA) is 71.2 Å². The van der Waals surface area contributed by atoms with Crippen molar-refractivity contribution in [3.63, 3.8) is 0 Å². The predicted octanol–water partition coefficient (Wildman–Crippen LogP) is 2.08. The minimum atomic E-state index is -0.0602. The van der Waals surface area contributed by atoms with Crippen molar-refractivity contribution in [3.8, 4) is 0 Å². The fourth-order valence-corrected chi connectivity index (χ4v) is 3.13. The largest absolute Gasteiger partial charge is 0.330 e. The van der Waals surface area contributed by atoms with Gasteiger partial charge in [-0.1, -0.05) is 6.92 Å². The molecule has 5 nitrogen and oxygen atoms in total. The Bertz CT molecular complexity index is 426. The number of piperidine rings is 1. The number of hydrogen-bond donors (Lipinski definition) is 2. The van der Waals surface area contributed by atoms with Gasteiger partial charge in [0.15, 0.2) is 5.13 Å². The molecule has 3 N–H and O–H groups in total. The van der Waals surface area contributed by atoms with E-state index in [4.69, 9.17) is 5.73 Å². The summed E-state index contributed by atoms with van der Waals surface area (Å²) in [6.07, 6.45) is 2.94. The third kappa shape index (κ3) is 5.36. The van der Waals surface area contributed by atoms with Crippen LogP contribution >= 0.6 is 23.7 Å². The van der Waals surface area contributed by atoms with E-state index in [9.17, 15) is 4.79 Å². The predicted molar refractivity (Wildman–Crippen MR) is 85.3 cm³/mol. The molecule has 1 aliphatic heterocycles. The first kappa shape index (κ1) is 17.4. The molecule has 114 valence electrons. The monoisotopic (exact) mass is 318 g/mol. The number of thiazole rings is 1. The molecule has 1 aromatic heterocycles. The SMILES string of the molecule is CC1CCCN(Cc2csc(NC(=O)CCN)n2)C1.Cl. The molecule has 0 aromatic carbocycles. The van der Waals surface area contributed by atoms with Crippen molar-refractivity contribution in [2.75, 3.05) is 25.0 Å². The van der Waals surface area contributed by atoms with Gasteiger partial charge in [-0.25, -0.2) is 4.98 Å². The standard InChI is InChI=1S/C13H22N4OS.ClH/c1-10-3-2-6-17(7-10)8-11-9-19-13(15-11)16-12(18)4-5-14;/h9-10H,2-8,14H2,1H3,(H,15,16,18);1H. The summed E-state index contributed by atoms with van der Waals surface area (Å²) < 4.78 is 0. The van der Waals surface area contributed by atoms with E-state index in [1.54, 1.807) is 0 Å². The Balaban J connectivity index is 0.00000200. The number of amides is 1. The van der Waals surface area contributed by atoms with Crippen LogP contribution in [-0.2, 0) is 11.3 Å². The maximum atomic E-state index is 11.4. The van der Waals surface area contributed by atoms with Gasteiger partial charge in [-0.3, -0.25) is 9.69 Å². The molecule has 2 rings (SSSR count). The van der Waals surface area contributed by atoms with Crippen LogP contribution in [0.5, 0.6) is 0 Å². The molecule has 1 atom stereocenters. The molecule has 1 aromatic rings. The second-order valence-corrected chi connectivity index (χ2v) is 6.07. The highest BCUT2D eigenvalue weighted by Crippen LogP contribution is 2.20. The quantitative estimate of drug-likeness (QED) is 0.872. The number of carbonyl (C=O) groups excluding carboxylic acids is 1. The molecule has 20 heavy (non-hydrogen) atoms. The van der Waals surface area contributed by atoms with Gasteiger partial charge in [-0.15, -0.1) is 23.7 Å². The second kappa shape index (κ2) is 8.56. The molecule has 1 fully saturated rings. The molecule has 1 aliphatic rings. The zero-order valence-electron chi connectivity index (χ0n) is 11.8. The van der Waals surface area contributed by atoms with Crippen LogP contribution in [0.4, 0.5) is 5.13 Å². The highest BCUT2D eigenvalue weighted by atomic mass is 35.5. The summed E-state index contributed by atoms with van der Waals surface area (Å²) in [6.45, 7) is 5.85. The maximum Gasteiger partial charge on any atom is 0.227 e. The first-order valence-electron chi connectivity index (χ1n) is 6.84. The number of likely N-dealkylation sites (tertiary alicyclic amines) is 1. The molecule has 7 heteroatoms. The van der Waals surface area contributed by atoms with Crippen molar-refractivity contribution in [1.29, 1.82) is 0 Å². The van der Waals surface area contributed by atoms with Crippen LogP contribution in [-0.4, -0.2) is 35.4 Å². The molecule has 1 saturated heterocycles. The third-order valence-corrected chi connectivity index (χ3v) is 4.10. The molecule has 0 saturated carbocycles. The van der Waals surface area contributed by atoms with Crippen molar-refractivity contribution >= 4 is 34.8 Å². The highest BCUT2D eigenvalue weighted by molar-refractivity contribution is 7.13. The maximum absolute atomic E-state index is 11.4. The Morgan fingerprint density at radius 3 is 3.15 bits per heavy atom. The molecule has 0 bridgehead atoms. The summed E-state index contributed by atoms with van der Waals surface area (Å²) in [7, 11) is 0. The number of aromatic nitrogens is 1. The van der Waals surface area contributed by atoms with Crippen molar-refractivity contribution in [3.05, 3.63) is 11.1 Å². The fourth-order valence-electron chi connectivity index (χ4n) is 2.41. The Labute approximate surface area is 130 Å². The van der Waals surface area contributed by atoms with Crippen molar-refractivity contribution in [2.24, 2.45) is 11.7 Å². The molecule has 1 unspecified atom stereocenters. The van der Waals surface area contributed by atoms with Crippen LogP contribution in [0.25, 0.3) is 0 Å². The number of halogens is 1. The van der Waals surface area contributed by atoms with Crippen LogP contribution in [0.15, 0.2) is 5.38 Å². The molecule has 1 amide bonds. The summed E-state index contributed by atoms with van der Waals surface area (Å²) >= 11 is 1.48. The van der Waals surface area contributed by atoms with E-state index in [1.165, 1.54) is 24.2 Å². The average Bonchev–Trinajstić information content (AvgIpc) is 2.76. The van der Waals surface area contributed by atoms with E-state index >= 15 is 0 Å².